The Kier molecular flexibility index (Phi) is 10.4. The summed E-state index contributed by atoms with van der Waals surface area (Å²) in [4.78, 5) is 33.7. The molecule has 0 saturated carbocycles. The van der Waals surface area contributed by atoms with E-state index in [2.05, 4.69) is 4.74 Å². The van der Waals surface area contributed by atoms with Crippen LogP contribution in [0.4, 0.5) is 0 Å². The normalized spacial score (nSPS) is 11.6. The molecule has 0 N–H and O–H groups in total. The molecule has 0 bridgehead atoms. The molecule has 0 radical (unpaired) electrons. The summed E-state index contributed by atoms with van der Waals surface area (Å²) < 4.78 is 14.3. The molecule has 0 rings (SSSR count). The second-order valence-electron chi connectivity index (χ2n) is 4.36. The first-order valence-corrected chi connectivity index (χ1v) is 6.99. The van der Waals surface area contributed by atoms with Gasteiger partial charge in [-0.15, -0.1) is 0 Å². The lowest BCUT2D eigenvalue weighted by Crippen LogP contribution is -2.21. The molecule has 0 fully saturated rings. The van der Waals surface area contributed by atoms with Crippen LogP contribution >= 0.6 is 0 Å². The lowest BCUT2D eigenvalue weighted by molar-refractivity contribution is -0.160. The number of rotatable bonds is 10. The van der Waals surface area contributed by atoms with Crippen molar-refractivity contribution < 1.29 is 28.6 Å². The highest BCUT2D eigenvalue weighted by Crippen LogP contribution is 2.11. The number of carbonyl (C=O) groups excluding carboxylic acids is 3. The monoisotopic (exact) mass is 288 g/mol. The number of ether oxygens (including phenoxy) is 3. The molecule has 116 valence electrons. The van der Waals surface area contributed by atoms with Gasteiger partial charge < -0.3 is 14.2 Å². The Morgan fingerprint density at radius 1 is 0.900 bits per heavy atom. The van der Waals surface area contributed by atoms with Crippen molar-refractivity contribution in [2.75, 3.05) is 19.8 Å². The van der Waals surface area contributed by atoms with Gasteiger partial charge in [0.05, 0.1) is 19.1 Å². The topological polar surface area (TPSA) is 78.9 Å². The minimum atomic E-state index is -0.546. The Bertz CT molecular complexity index is 313. The summed E-state index contributed by atoms with van der Waals surface area (Å²) in [6.45, 7) is 5.48. The lowest BCUT2D eigenvalue weighted by atomic mass is 10.0. The van der Waals surface area contributed by atoms with Gasteiger partial charge in [-0.2, -0.15) is 0 Å². The molecule has 1 unspecified atom stereocenters. The quantitative estimate of drug-likeness (QED) is 0.347. The van der Waals surface area contributed by atoms with Crippen LogP contribution in [0.2, 0.25) is 0 Å². The van der Waals surface area contributed by atoms with Gasteiger partial charge in [0.25, 0.3) is 0 Å². The van der Waals surface area contributed by atoms with Gasteiger partial charge in [-0.05, 0) is 26.7 Å². The molecule has 0 heterocycles. The largest absolute Gasteiger partial charge is 0.466 e. The van der Waals surface area contributed by atoms with Gasteiger partial charge in [-0.25, -0.2) is 4.79 Å². The van der Waals surface area contributed by atoms with Crippen LogP contribution in [0.3, 0.4) is 0 Å². The zero-order chi connectivity index (χ0) is 15.4. The molecule has 6 heteroatoms. The van der Waals surface area contributed by atoms with Crippen molar-refractivity contribution in [1.82, 2.24) is 0 Å². The van der Waals surface area contributed by atoms with Crippen LogP contribution in [0.1, 0.15) is 46.5 Å². The fourth-order valence-corrected chi connectivity index (χ4v) is 1.55. The minimum absolute atomic E-state index is 0.218. The maximum Gasteiger partial charge on any atom is 0.344 e. The van der Waals surface area contributed by atoms with Crippen LogP contribution in [-0.4, -0.2) is 37.7 Å². The smallest absolute Gasteiger partial charge is 0.344 e. The fraction of sp³-hybridized carbons (Fsp3) is 0.786. The van der Waals surface area contributed by atoms with E-state index in [1.807, 2.05) is 0 Å². The Morgan fingerprint density at radius 2 is 1.50 bits per heavy atom. The Morgan fingerprint density at radius 3 is 2.10 bits per heavy atom. The van der Waals surface area contributed by atoms with E-state index < -0.39 is 11.9 Å². The van der Waals surface area contributed by atoms with E-state index in [0.29, 0.717) is 25.9 Å². The number of unbranched alkanes of at least 4 members (excludes halogenated alkanes) is 1. The summed E-state index contributed by atoms with van der Waals surface area (Å²) in [6, 6.07) is 0. The summed E-state index contributed by atoms with van der Waals surface area (Å²) >= 11 is 0. The first-order chi connectivity index (χ1) is 9.51. The standard InChI is InChI=1S/C14H24O6/c1-4-18-12(15)9-7-6-8-11(3)14(17)20-10-13(16)19-5-2/h11H,4-10H2,1-3H3. The molecule has 1 atom stereocenters. The molecule has 0 aromatic heterocycles. The minimum Gasteiger partial charge on any atom is -0.466 e. The second-order valence-corrected chi connectivity index (χ2v) is 4.36. The van der Waals surface area contributed by atoms with Gasteiger partial charge in [-0.3, -0.25) is 9.59 Å². The molecule has 20 heavy (non-hydrogen) atoms. The number of hydrogen-bond donors (Lipinski definition) is 0. The molecular weight excluding hydrogens is 264 g/mol. The van der Waals surface area contributed by atoms with E-state index in [1.54, 1.807) is 20.8 Å². The second kappa shape index (κ2) is 11.3. The number of carbonyl (C=O) groups is 3. The first kappa shape index (κ1) is 18.4. The number of esters is 3. The SMILES string of the molecule is CCOC(=O)CCCCC(C)C(=O)OCC(=O)OCC. The molecule has 0 spiro atoms. The van der Waals surface area contributed by atoms with E-state index in [0.717, 1.165) is 6.42 Å². The molecule has 6 nitrogen and oxygen atoms in total. The molecule has 0 aromatic carbocycles. The van der Waals surface area contributed by atoms with Gasteiger partial charge in [0.1, 0.15) is 0 Å². The summed E-state index contributed by atoms with van der Waals surface area (Å²) in [6.07, 6.45) is 2.38. The zero-order valence-corrected chi connectivity index (χ0v) is 12.5. The third-order valence-corrected chi connectivity index (χ3v) is 2.61. The Balaban J connectivity index is 3.69. The fourth-order valence-electron chi connectivity index (χ4n) is 1.55. The van der Waals surface area contributed by atoms with Gasteiger partial charge in [0.15, 0.2) is 6.61 Å². The number of hydrogen-bond acceptors (Lipinski definition) is 6. The summed E-state index contributed by atoms with van der Waals surface area (Å²) in [5, 5.41) is 0. The molecule has 0 aromatic rings. The maximum atomic E-state index is 11.6. The molecule has 0 aliphatic carbocycles. The Labute approximate surface area is 119 Å². The van der Waals surface area contributed by atoms with E-state index in [1.165, 1.54) is 0 Å². The highest BCUT2D eigenvalue weighted by atomic mass is 16.6. The van der Waals surface area contributed by atoms with Crippen LogP contribution in [-0.2, 0) is 28.6 Å². The van der Waals surface area contributed by atoms with E-state index in [9.17, 15) is 14.4 Å². The molecule has 0 aliphatic rings. The van der Waals surface area contributed by atoms with Crippen molar-refractivity contribution in [1.29, 1.82) is 0 Å². The maximum absolute atomic E-state index is 11.6. The lowest BCUT2D eigenvalue weighted by Gasteiger charge is -2.10. The predicted octanol–water partition coefficient (Wildman–Crippen LogP) is 1.85. The van der Waals surface area contributed by atoms with Crippen molar-refractivity contribution in [3.8, 4) is 0 Å². The average Bonchev–Trinajstić information content (AvgIpc) is 2.41. The van der Waals surface area contributed by atoms with Crippen molar-refractivity contribution >= 4 is 17.9 Å². The van der Waals surface area contributed by atoms with Gasteiger partial charge in [-0.1, -0.05) is 13.3 Å². The van der Waals surface area contributed by atoms with Gasteiger partial charge >= 0.3 is 17.9 Å². The van der Waals surface area contributed by atoms with E-state index in [-0.39, 0.29) is 25.1 Å². The van der Waals surface area contributed by atoms with Crippen LogP contribution in [0.5, 0.6) is 0 Å². The predicted molar refractivity (Wildman–Crippen MR) is 71.9 cm³/mol. The van der Waals surface area contributed by atoms with Gasteiger partial charge in [0.2, 0.25) is 0 Å². The van der Waals surface area contributed by atoms with Crippen molar-refractivity contribution in [2.24, 2.45) is 5.92 Å². The average molecular weight is 288 g/mol. The summed E-state index contributed by atoms with van der Waals surface area (Å²) in [5.41, 5.74) is 0. The third kappa shape index (κ3) is 9.35. The highest BCUT2D eigenvalue weighted by molar-refractivity contribution is 5.77. The molecule has 0 saturated heterocycles. The van der Waals surface area contributed by atoms with Crippen LogP contribution < -0.4 is 0 Å². The van der Waals surface area contributed by atoms with Crippen molar-refractivity contribution in [3.63, 3.8) is 0 Å². The van der Waals surface area contributed by atoms with Gasteiger partial charge in [0, 0.05) is 6.42 Å². The van der Waals surface area contributed by atoms with Crippen molar-refractivity contribution in [3.05, 3.63) is 0 Å². The van der Waals surface area contributed by atoms with Crippen LogP contribution in [0, 0.1) is 5.92 Å². The van der Waals surface area contributed by atoms with E-state index >= 15 is 0 Å². The van der Waals surface area contributed by atoms with Crippen LogP contribution in [0.25, 0.3) is 0 Å². The highest BCUT2D eigenvalue weighted by Gasteiger charge is 2.16. The van der Waals surface area contributed by atoms with Crippen molar-refractivity contribution in [2.45, 2.75) is 46.5 Å². The molecule has 0 aliphatic heterocycles. The van der Waals surface area contributed by atoms with E-state index in [4.69, 9.17) is 9.47 Å². The molecular formula is C14H24O6. The summed E-state index contributed by atoms with van der Waals surface area (Å²) in [5.74, 6) is -1.48. The third-order valence-electron chi connectivity index (χ3n) is 2.61. The molecule has 0 amide bonds. The zero-order valence-electron chi connectivity index (χ0n) is 12.5. The van der Waals surface area contributed by atoms with Crippen LogP contribution in [0.15, 0.2) is 0 Å². The Hall–Kier alpha value is -1.59. The summed E-state index contributed by atoms with van der Waals surface area (Å²) in [7, 11) is 0. The first-order valence-electron chi connectivity index (χ1n) is 6.99.